The topological polar surface area (TPSA) is 146 Å². The molecule has 1 aromatic carbocycles. The monoisotopic (exact) mass is 434 g/mol. The Bertz CT molecular complexity index is 1200. The second kappa shape index (κ2) is 9.28. The normalized spacial score (nSPS) is 10.5. The summed E-state index contributed by atoms with van der Waals surface area (Å²) in [6.45, 7) is 4.17. The molecular formula is C21H20N7O2S+. The molecule has 0 unspecified atom stereocenters. The molecule has 10 heteroatoms. The maximum atomic E-state index is 12.2. The van der Waals surface area contributed by atoms with Crippen LogP contribution in [0.3, 0.4) is 0 Å². The van der Waals surface area contributed by atoms with E-state index in [1.165, 1.54) is 10.9 Å². The first-order valence-electron chi connectivity index (χ1n) is 9.33. The van der Waals surface area contributed by atoms with Crippen molar-refractivity contribution in [2.75, 3.05) is 16.8 Å². The standard InChI is InChI=1S/C21H19N7O2S/c1-12(2)13-4-6-14(7-5-13)19-15(8-22)20(24)26-21(16(19)9-23)31-11-17(29)25-18-10-28(3)27-30-18/h4-7,10,12H,11H2,1-3H3,(H2-,24,25,26,27,29)/p+1. The maximum absolute atomic E-state index is 12.2. The molecule has 0 aliphatic carbocycles. The van der Waals surface area contributed by atoms with Crippen molar-refractivity contribution in [3.05, 3.63) is 47.2 Å². The van der Waals surface area contributed by atoms with E-state index in [2.05, 4.69) is 41.6 Å². The Hall–Kier alpha value is -3.89. The number of nitrogens with two attached hydrogens (primary N) is 1. The first-order chi connectivity index (χ1) is 14.8. The molecule has 0 saturated heterocycles. The van der Waals surface area contributed by atoms with Gasteiger partial charge in [-0.3, -0.25) is 14.6 Å². The lowest BCUT2D eigenvalue weighted by molar-refractivity contribution is -0.739. The molecule has 1 amide bonds. The number of carbonyl (C=O) groups excluding carboxylic acids is 1. The van der Waals surface area contributed by atoms with Gasteiger partial charge in [0.25, 0.3) is 6.20 Å². The second-order valence-corrected chi connectivity index (χ2v) is 7.97. The highest BCUT2D eigenvalue weighted by Gasteiger charge is 2.21. The number of hydrogen-bond donors (Lipinski definition) is 2. The zero-order chi connectivity index (χ0) is 22.5. The average Bonchev–Trinajstić information content (AvgIpc) is 3.16. The number of hydrogen-bond acceptors (Lipinski definition) is 8. The third-order valence-electron chi connectivity index (χ3n) is 4.46. The number of carbonyl (C=O) groups is 1. The van der Waals surface area contributed by atoms with Crippen molar-refractivity contribution in [2.45, 2.75) is 24.8 Å². The maximum Gasteiger partial charge on any atom is 0.302 e. The van der Waals surface area contributed by atoms with E-state index < -0.39 is 0 Å². The minimum absolute atomic E-state index is 0.00889. The summed E-state index contributed by atoms with van der Waals surface area (Å²) in [6, 6.07) is 11.8. The van der Waals surface area contributed by atoms with Crippen LogP contribution in [0, 0.1) is 22.7 Å². The lowest BCUT2D eigenvalue weighted by Gasteiger charge is -2.14. The van der Waals surface area contributed by atoms with Gasteiger partial charge in [-0.05, 0) is 17.0 Å². The summed E-state index contributed by atoms with van der Waals surface area (Å²) in [5.41, 5.74) is 8.59. The van der Waals surface area contributed by atoms with E-state index in [1.807, 2.05) is 24.3 Å². The molecule has 0 atom stereocenters. The summed E-state index contributed by atoms with van der Waals surface area (Å²) in [5, 5.41) is 25.9. The van der Waals surface area contributed by atoms with Gasteiger partial charge in [-0.1, -0.05) is 54.6 Å². The van der Waals surface area contributed by atoms with Crippen LogP contribution in [0.15, 0.2) is 40.0 Å². The van der Waals surface area contributed by atoms with E-state index in [1.54, 1.807) is 7.05 Å². The van der Waals surface area contributed by atoms with Gasteiger partial charge in [0.05, 0.1) is 11.3 Å². The number of nitrogens with one attached hydrogen (secondary N) is 1. The van der Waals surface area contributed by atoms with Gasteiger partial charge in [0.1, 0.15) is 28.5 Å². The van der Waals surface area contributed by atoms with E-state index >= 15 is 0 Å². The lowest BCUT2D eigenvalue weighted by atomic mass is 9.94. The molecule has 3 rings (SSSR count). The summed E-state index contributed by atoms with van der Waals surface area (Å²) < 4.78 is 6.35. The van der Waals surface area contributed by atoms with Crippen molar-refractivity contribution in [2.24, 2.45) is 7.05 Å². The highest BCUT2D eigenvalue weighted by atomic mass is 32.2. The Balaban J connectivity index is 1.93. The molecule has 3 aromatic rings. The molecule has 2 heterocycles. The lowest BCUT2D eigenvalue weighted by Crippen LogP contribution is -2.28. The van der Waals surface area contributed by atoms with Gasteiger partial charge in [-0.15, -0.1) is 0 Å². The zero-order valence-corrected chi connectivity index (χ0v) is 18.0. The van der Waals surface area contributed by atoms with Gasteiger partial charge in [-0.25, -0.2) is 4.98 Å². The predicted molar refractivity (Wildman–Crippen MR) is 115 cm³/mol. The fourth-order valence-electron chi connectivity index (χ4n) is 2.91. The molecule has 0 spiro atoms. The summed E-state index contributed by atoms with van der Waals surface area (Å²) in [6.07, 6.45) is 1.51. The van der Waals surface area contributed by atoms with Crippen LogP contribution in [0.2, 0.25) is 0 Å². The van der Waals surface area contributed by atoms with E-state index in [0.717, 1.165) is 17.3 Å². The van der Waals surface area contributed by atoms with E-state index in [-0.39, 0.29) is 39.5 Å². The van der Waals surface area contributed by atoms with E-state index in [0.29, 0.717) is 17.0 Å². The Labute approximate surface area is 183 Å². The number of amides is 1. The Morgan fingerprint density at radius 3 is 2.48 bits per heavy atom. The van der Waals surface area contributed by atoms with Crippen molar-refractivity contribution in [3.8, 4) is 23.3 Å². The summed E-state index contributed by atoms with van der Waals surface area (Å²) >= 11 is 1.05. The van der Waals surface area contributed by atoms with E-state index in [4.69, 9.17) is 10.3 Å². The van der Waals surface area contributed by atoms with Gasteiger partial charge in [0.15, 0.2) is 12.3 Å². The fourth-order valence-corrected chi connectivity index (χ4v) is 3.71. The number of aryl methyl sites for hydroxylation is 1. The van der Waals surface area contributed by atoms with Crippen LogP contribution in [0.4, 0.5) is 11.7 Å². The number of aromatic nitrogens is 3. The fraction of sp³-hybridized carbons (Fsp3) is 0.238. The average molecular weight is 435 g/mol. The molecule has 3 N–H and O–H groups in total. The number of nitrogen functional groups attached to an aromatic ring is 1. The number of benzene rings is 1. The summed E-state index contributed by atoms with van der Waals surface area (Å²) in [7, 11) is 1.66. The smallest absolute Gasteiger partial charge is 0.302 e. The van der Waals surface area contributed by atoms with Crippen molar-refractivity contribution in [1.29, 1.82) is 10.5 Å². The predicted octanol–water partition coefficient (Wildman–Crippen LogP) is 2.74. The van der Waals surface area contributed by atoms with Gasteiger partial charge in [-0.2, -0.15) is 10.5 Å². The Kier molecular flexibility index (Phi) is 6.53. The third-order valence-corrected chi connectivity index (χ3v) is 5.43. The minimum atomic E-state index is -0.363. The largest absolute Gasteiger partial charge is 0.383 e. The van der Waals surface area contributed by atoms with Crippen molar-refractivity contribution >= 4 is 29.4 Å². The first-order valence-corrected chi connectivity index (χ1v) is 10.3. The third kappa shape index (κ3) is 4.82. The number of pyridine rings is 1. The highest BCUT2D eigenvalue weighted by molar-refractivity contribution is 8.00. The number of nitrogens with zero attached hydrogens (tertiary/aromatic N) is 5. The Morgan fingerprint density at radius 2 is 1.94 bits per heavy atom. The van der Waals surface area contributed by atoms with Crippen molar-refractivity contribution < 1.29 is 14.0 Å². The molecule has 0 fully saturated rings. The molecule has 156 valence electrons. The van der Waals surface area contributed by atoms with Gasteiger partial charge >= 0.3 is 5.88 Å². The van der Waals surface area contributed by atoms with Crippen LogP contribution in [0.1, 0.15) is 36.5 Å². The van der Waals surface area contributed by atoms with Gasteiger partial charge in [0, 0.05) is 5.56 Å². The highest BCUT2D eigenvalue weighted by Crippen LogP contribution is 2.36. The minimum Gasteiger partial charge on any atom is -0.383 e. The molecule has 9 nitrogen and oxygen atoms in total. The molecule has 31 heavy (non-hydrogen) atoms. The number of rotatable bonds is 6. The van der Waals surface area contributed by atoms with Crippen LogP contribution in [0.25, 0.3) is 11.1 Å². The van der Waals surface area contributed by atoms with Gasteiger partial charge in [0.2, 0.25) is 5.91 Å². The Morgan fingerprint density at radius 1 is 1.26 bits per heavy atom. The molecule has 0 aliphatic rings. The molecule has 0 aliphatic heterocycles. The molecule has 0 radical (unpaired) electrons. The number of nitriles is 2. The van der Waals surface area contributed by atoms with Crippen LogP contribution in [0.5, 0.6) is 0 Å². The van der Waals surface area contributed by atoms with Crippen LogP contribution < -0.4 is 15.7 Å². The first kappa shape index (κ1) is 21.8. The van der Waals surface area contributed by atoms with Crippen molar-refractivity contribution in [3.63, 3.8) is 0 Å². The summed E-state index contributed by atoms with van der Waals surface area (Å²) in [5.74, 6) is 0.154. The van der Waals surface area contributed by atoms with E-state index in [9.17, 15) is 15.3 Å². The van der Waals surface area contributed by atoms with Crippen molar-refractivity contribution in [1.82, 2.24) is 10.3 Å². The van der Waals surface area contributed by atoms with Crippen LogP contribution >= 0.6 is 11.8 Å². The number of anilines is 2. The number of thioether (sulfide) groups is 1. The quantitative estimate of drug-likeness (QED) is 0.445. The zero-order valence-electron chi connectivity index (χ0n) is 17.2. The van der Waals surface area contributed by atoms with Crippen LogP contribution in [-0.4, -0.2) is 21.9 Å². The second-order valence-electron chi connectivity index (χ2n) is 7.00. The molecule has 0 saturated carbocycles. The summed E-state index contributed by atoms with van der Waals surface area (Å²) in [4.78, 5) is 16.4. The molecular weight excluding hydrogens is 414 g/mol. The van der Waals surface area contributed by atoms with Crippen LogP contribution in [-0.2, 0) is 11.8 Å². The molecule has 2 aromatic heterocycles. The SMILES string of the molecule is CC(C)c1ccc(-c2c(C#N)c(N)nc(SCC(=O)Nc3c[n+](C)no3)c2C#N)cc1. The molecule has 0 bridgehead atoms. The van der Waals surface area contributed by atoms with Gasteiger partial charge < -0.3 is 5.73 Å².